The van der Waals surface area contributed by atoms with E-state index in [2.05, 4.69) is 9.97 Å². The van der Waals surface area contributed by atoms with E-state index in [1.807, 2.05) is 30.5 Å². The van der Waals surface area contributed by atoms with Crippen LogP contribution in [0.25, 0.3) is 11.1 Å². The van der Waals surface area contributed by atoms with Gasteiger partial charge in [0.2, 0.25) is 0 Å². The van der Waals surface area contributed by atoms with Gasteiger partial charge in [-0.05, 0) is 54.3 Å². The van der Waals surface area contributed by atoms with E-state index in [4.69, 9.17) is 0 Å². The molecule has 2 aromatic heterocycles. The van der Waals surface area contributed by atoms with Crippen molar-refractivity contribution in [2.45, 2.75) is 12.8 Å². The van der Waals surface area contributed by atoms with Gasteiger partial charge in [-0.3, -0.25) is 9.97 Å². The molecule has 0 amide bonds. The lowest BCUT2D eigenvalue weighted by atomic mass is 10.1. The van der Waals surface area contributed by atoms with Gasteiger partial charge in [-0.1, -0.05) is 18.2 Å². The van der Waals surface area contributed by atoms with E-state index >= 15 is 0 Å². The van der Waals surface area contributed by atoms with E-state index in [0.717, 1.165) is 29.7 Å². The predicted octanol–water partition coefficient (Wildman–Crippen LogP) is 4.07. The summed E-state index contributed by atoms with van der Waals surface area (Å²) in [5, 5.41) is 0. The first-order chi connectivity index (χ1) is 10.3. The largest absolute Gasteiger partial charge is 0.265 e. The zero-order valence-corrected chi connectivity index (χ0v) is 11.5. The average molecular weight is 278 g/mol. The van der Waals surface area contributed by atoms with E-state index in [-0.39, 0.29) is 5.82 Å². The van der Waals surface area contributed by atoms with Crippen molar-refractivity contribution in [3.8, 4) is 11.1 Å². The molecule has 0 saturated heterocycles. The molecule has 1 aromatic carbocycles. The first-order valence-corrected chi connectivity index (χ1v) is 6.91. The van der Waals surface area contributed by atoms with Gasteiger partial charge in [0, 0.05) is 29.8 Å². The van der Waals surface area contributed by atoms with Crippen LogP contribution in [0.4, 0.5) is 4.39 Å². The zero-order valence-electron chi connectivity index (χ0n) is 11.5. The molecule has 0 unspecified atom stereocenters. The Bertz CT molecular complexity index is 692. The van der Waals surface area contributed by atoms with Crippen LogP contribution in [-0.2, 0) is 12.8 Å². The van der Waals surface area contributed by atoms with Gasteiger partial charge in [-0.15, -0.1) is 0 Å². The van der Waals surface area contributed by atoms with Crippen molar-refractivity contribution in [2.75, 3.05) is 0 Å². The summed E-state index contributed by atoms with van der Waals surface area (Å²) >= 11 is 0. The third kappa shape index (κ3) is 3.51. The van der Waals surface area contributed by atoms with Crippen LogP contribution in [0.15, 0.2) is 67.1 Å². The maximum absolute atomic E-state index is 12.9. The predicted molar refractivity (Wildman–Crippen MR) is 81.3 cm³/mol. The van der Waals surface area contributed by atoms with Gasteiger partial charge in [0.05, 0.1) is 0 Å². The van der Waals surface area contributed by atoms with E-state index in [1.165, 1.54) is 17.7 Å². The first kappa shape index (κ1) is 13.4. The molecule has 0 fully saturated rings. The van der Waals surface area contributed by atoms with Crippen molar-refractivity contribution in [3.63, 3.8) is 0 Å². The minimum Gasteiger partial charge on any atom is -0.265 e. The lowest BCUT2D eigenvalue weighted by Gasteiger charge is -2.04. The highest BCUT2D eigenvalue weighted by Crippen LogP contribution is 2.19. The van der Waals surface area contributed by atoms with Gasteiger partial charge < -0.3 is 0 Å². The molecule has 3 heteroatoms. The highest BCUT2D eigenvalue weighted by atomic mass is 19.1. The Kier molecular flexibility index (Phi) is 4.01. The molecule has 2 heterocycles. The maximum atomic E-state index is 12.9. The van der Waals surface area contributed by atoms with Crippen LogP contribution in [-0.4, -0.2) is 9.97 Å². The standard InChI is InChI=1S/C18H15FN2/c19-17-5-2-15(3-6-17)16-4-8-18(21-13-16)7-1-14-9-11-20-12-10-14/h2-6,8-13H,1,7H2. The zero-order chi connectivity index (χ0) is 14.5. The second-order valence-electron chi connectivity index (χ2n) is 4.90. The lowest BCUT2D eigenvalue weighted by molar-refractivity contribution is 0.628. The molecule has 0 aliphatic carbocycles. The number of pyridine rings is 2. The van der Waals surface area contributed by atoms with Gasteiger partial charge in [-0.25, -0.2) is 4.39 Å². The van der Waals surface area contributed by atoms with Crippen molar-refractivity contribution in [1.29, 1.82) is 0 Å². The minimum absolute atomic E-state index is 0.222. The molecule has 0 aliphatic rings. The van der Waals surface area contributed by atoms with Crippen molar-refractivity contribution in [1.82, 2.24) is 9.97 Å². The highest BCUT2D eigenvalue weighted by molar-refractivity contribution is 5.62. The monoisotopic (exact) mass is 278 g/mol. The van der Waals surface area contributed by atoms with Crippen LogP contribution in [0.5, 0.6) is 0 Å². The Balaban J connectivity index is 1.68. The van der Waals surface area contributed by atoms with E-state index < -0.39 is 0 Å². The summed E-state index contributed by atoms with van der Waals surface area (Å²) in [6.07, 6.45) is 7.30. The van der Waals surface area contributed by atoms with Gasteiger partial charge >= 0.3 is 0 Å². The molecule has 0 N–H and O–H groups in total. The van der Waals surface area contributed by atoms with Gasteiger partial charge in [0.25, 0.3) is 0 Å². The van der Waals surface area contributed by atoms with Gasteiger partial charge in [0.1, 0.15) is 5.82 Å². The maximum Gasteiger partial charge on any atom is 0.123 e. The molecule has 3 aromatic rings. The molecule has 0 aliphatic heterocycles. The number of benzene rings is 1. The molecule has 0 atom stereocenters. The summed E-state index contributed by atoms with van der Waals surface area (Å²) in [6.45, 7) is 0. The van der Waals surface area contributed by atoms with Crippen molar-refractivity contribution in [2.24, 2.45) is 0 Å². The van der Waals surface area contributed by atoms with Crippen LogP contribution in [0.2, 0.25) is 0 Å². The van der Waals surface area contributed by atoms with E-state index in [0.29, 0.717) is 0 Å². The molecule has 3 rings (SSSR count). The Labute approximate surface area is 123 Å². The molecule has 0 bridgehead atoms. The summed E-state index contributed by atoms with van der Waals surface area (Å²) in [6, 6.07) is 14.6. The topological polar surface area (TPSA) is 25.8 Å². The number of hydrogen-bond donors (Lipinski definition) is 0. The molecular formula is C18H15FN2. The van der Waals surface area contributed by atoms with Crippen molar-refractivity contribution in [3.05, 3.63) is 84.2 Å². The summed E-state index contributed by atoms with van der Waals surface area (Å²) < 4.78 is 12.9. The fourth-order valence-corrected chi connectivity index (χ4v) is 2.21. The van der Waals surface area contributed by atoms with Crippen molar-refractivity contribution >= 4 is 0 Å². The fraction of sp³-hybridized carbons (Fsp3) is 0.111. The third-order valence-corrected chi connectivity index (χ3v) is 3.42. The minimum atomic E-state index is -0.222. The normalized spacial score (nSPS) is 10.5. The Morgan fingerprint density at radius 1 is 0.762 bits per heavy atom. The second-order valence-corrected chi connectivity index (χ2v) is 4.90. The van der Waals surface area contributed by atoms with E-state index in [1.54, 1.807) is 24.5 Å². The molecule has 21 heavy (non-hydrogen) atoms. The van der Waals surface area contributed by atoms with Crippen molar-refractivity contribution < 1.29 is 4.39 Å². The molecule has 2 nitrogen and oxygen atoms in total. The van der Waals surface area contributed by atoms with Gasteiger partial charge in [0.15, 0.2) is 0 Å². The molecule has 104 valence electrons. The summed E-state index contributed by atoms with van der Waals surface area (Å²) in [7, 11) is 0. The van der Waals surface area contributed by atoms with Crippen LogP contribution >= 0.6 is 0 Å². The van der Waals surface area contributed by atoms with Crippen LogP contribution in [0.1, 0.15) is 11.3 Å². The number of aromatic nitrogens is 2. The SMILES string of the molecule is Fc1ccc(-c2ccc(CCc3ccncc3)nc2)cc1. The Morgan fingerprint density at radius 3 is 2.14 bits per heavy atom. The summed E-state index contributed by atoms with van der Waals surface area (Å²) in [5.74, 6) is -0.222. The first-order valence-electron chi connectivity index (χ1n) is 6.91. The van der Waals surface area contributed by atoms with E-state index in [9.17, 15) is 4.39 Å². The van der Waals surface area contributed by atoms with Crippen LogP contribution in [0, 0.1) is 5.82 Å². The lowest BCUT2D eigenvalue weighted by Crippen LogP contribution is -1.94. The molecular weight excluding hydrogens is 263 g/mol. The van der Waals surface area contributed by atoms with Crippen LogP contribution in [0.3, 0.4) is 0 Å². The summed E-state index contributed by atoms with van der Waals surface area (Å²) in [5.41, 5.74) is 4.29. The number of halogens is 1. The highest BCUT2D eigenvalue weighted by Gasteiger charge is 2.01. The Hall–Kier alpha value is -2.55. The number of nitrogens with zero attached hydrogens (tertiary/aromatic N) is 2. The fourth-order valence-electron chi connectivity index (χ4n) is 2.21. The number of hydrogen-bond acceptors (Lipinski definition) is 2. The average Bonchev–Trinajstić information content (AvgIpc) is 2.55. The third-order valence-electron chi connectivity index (χ3n) is 3.42. The summed E-state index contributed by atoms with van der Waals surface area (Å²) in [4.78, 5) is 8.49. The quantitative estimate of drug-likeness (QED) is 0.719. The van der Waals surface area contributed by atoms with Gasteiger partial charge in [-0.2, -0.15) is 0 Å². The second kappa shape index (κ2) is 6.27. The molecule has 0 radical (unpaired) electrons. The number of aryl methyl sites for hydroxylation is 2. The smallest absolute Gasteiger partial charge is 0.123 e. The molecule has 0 spiro atoms. The Morgan fingerprint density at radius 2 is 1.48 bits per heavy atom. The molecule has 0 saturated carbocycles. The van der Waals surface area contributed by atoms with Crippen LogP contribution < -0.4 is 0 Å². The number of rotatable bonds is 4.